The maximum Gasteiger partial charge on any atom is 0.203 e. The van der Waals surface area contributed by atoms with Gasteiger partial charge in [0.1, 0.15) is 0 Å². The van der Waals surface area contributed by atoms with Gasteiger partial charge in [-0.05, 0) is 47.7 Å². The smallest absolute Gasteiger partial charge is 0.203 e. The van der Waals surface area contributed by atoms with Crippen molar-refractivity contribution in [3.63, 3.8) is 0 Å². The fourth-order valence-electron chi connectivity index (χ4n) is 1.35. The number of hydrogen-bond donors (Lipinski definition) is 0. The van der Waals surface area contributed by atoms with Crippen molar-refractivity contribution in [3.8, 4) is 0 Å². The van der Waals surface area contributed by atoms with Crippen LogP contribution in [0, 0.1) is 3.57 Å². The molecule has 0 N–H and O–H groups in total. The number of fused-ring (bicyclic) bond motifs is 1. The van der Waals surface area contributed by atoms with E-state index in [2.05, 4.69) is 22.6 Å². The molecule has 0 saturated carbocycles. The second kappa shape index (κ2) is 2.81. The molecule has 13 heavy (non-hydrogen) atoms. The van der Waals surface area contributed by atoms with Crippen molar-refractivity contribution in [2.45, 2.75) is 11.8 Å². The van der Waals surface area contributed by atoms with Gasteiger partial charge in [-0.2, -0.15) is 0 Å². The molecule has 1 aliphatic heterocycles. The molecule has 0 radical (unpaired) electrons. The van der Waals surface area contributed by atoms with E-state index in [1.165, 1.54) is 0 Å². The second-order valence-corrected chi connectivity index (χ2v) is 6.16. The van der Waals surface area contributed by atoms with Crippen molar-refractivity contribution in [1.29, 1.82) is 0 Å². The normalized spacial score (nSPS) is 18.2. The van der Waals surface area contributed by atoms with Crippen LogP contribution in [-0.4, -0.2) is 8.42 Å². The van der Waals surface area contributed by atoms with Gasteiger partial charge in [-0.3, -0.25) is 0 Å². The Morgan fingerprint density at radius 3 is 2.62 bits per heavy atom. The van der Waals surface area contributed by atoms with Gasteiger partial charge in [0.2, 0.25) is 9.84 Å². The quantitative estimate of drug-likeness (QED) is 0.690. The summed E-state index contributed by atoms with van der Waals surface area (Å²) in [6, 6.07) is 5.33. The summed E-state index contributed by atoms with van der Waals surface area (Å²) in [5.41, 5.74) is 0.834. The Kier molecular flexibility index (Phi) is 1.99. The monoisotopic (exact) mass is 306 g/mol. The molecule has 0 atom stereocenters. The molecule has 0 spiro atoms. The molecule has 0 aromatic heterocycles. The number of halogens is 1. The minimum Gasteiger partial charge on any atom is -0.219 e. The first-order valence-electron chi connectivity index (χ1n) is 3.75. The summed E-state index contributed by atoms with van der Waals surface area (Å²) in [5.74, 6) is 0. The molecule has 0 bridgehead atoms. The average molecular weight is 306 g/mol. The Morgan fingerprint density at radius 2 is 2.00 bits per heavy atom. The van der Waals surface area contributed by atoms with Crippen LogP contribution in [0.15, 0.2) is 28.0 Å². The standard InChI is InChI=1S/C9H7IO2S/c1-6-5-7-8(10)3-2-4-9(7)13(6,11)12/h2-5H,1H3. The predicted octanol–water partition coefficient (Wildman–Crippen LogP) is 2.44. The van der Waals surface area contributed by atoms with Crippen LogP contribution in [0.25, 0.3) is 6.08 Å². The van der Waals surface area contributed by atoms with Gasteiger partial charge in [0.25, 0.3) is 0 Å². The molecule has 2 rings (SSSR count). The molecule has 0 amide bonds. The maximum absolute atomic E-state index is 11.7. The summed E-state index contributed by atoms with van der Waals surface area (Å²) in [5, 5.41) is 0. The van der Waals surface area contributed by atoms with E-state index in [4.69, 9.17) is 0 Å². The van der Waals surface area contributed by atoms with Crippen LogP contribution >= 0.6 is 22.6 Å². The Balaban J connectivity index is 2.87. The molecule has 2 nitrogen and oxygen atoms in total. The van der Waals surface area contributed by atoms with E-state index in [1.807, 2.05) is 6.07 Å². The highest BCUT2D eigenvalue weighted by Crippen LogP contribution is 2.34. The zero-order chi connectivity index (χ0) is 9.64. The summed E-state index contributed by atoms with van der Waals surface area (Å²) in [6.45, 7) is 1.63. The lowest BCUT2D eigenvalue weighted by molar-refractivity contribution is 0.603. The number of rotatable bonds is 0. The average Bonchev–Trinajstić information content (AvgIpc) is 2.28. The van der Waals surface area contributed by atoms with Crippen LogP contribution in [-0.2, 0) is 9.84 Å². The van der Waals surface area contributed by atoms with Crippen LogP contribution in [0.3, 0.4) is 0 Å². The minimum atomic E-state index is -3.15. The molecule has 1 heterocycles. The van der Waals surface area contributed by atoms with Crippen molar-refractivity contribution < 1.29 is 8.42 Å². The highest BCUT2D eigenvalue weighted by atomic mass is 127. The molecule has 1 aromatic rings. The predicted molar refractivity (Wildman–Crippen MR) is 60.0 cm³/mol. The number of benzene rings is 1. The third kappa shape index (κ3) is 1.23. The first-order chi connectivity index (χ1) is 6.03. The zero-order valence-electron chi connectivity index (χ0n) is 6.91. The first-order valence-corrected chi connectivity index (χ1v) is 6.31. The van der Waals surface area contributed by atoms with E-state index < -0.39 is 9.84 Å². The summed E-state index contributed by atoms with van der Waals surface area (Å²) in [6.07, 6.45) is 1.73. The van der Waals surface area contributed by atoms with Crippen molar-refractivity contribution in [2.75, 3.05) is 0 Å². The fraction of sp³-hybridized carbons (Fsp3) is 0.111. The molecular weight excluding hydrogens is 299 g/mol. The first kappa shape index (κ1) is 9.21. The molecule has 1 aromatic carbocycles. The van der Waals surface area contributed by atoms with E-state index in [-0.39, 0.29) is 0 Å². The molecular formula is C9H7IO2S. The van der Waals surface area contributed by atoms with Crippen LogP contribution in [0.1, 0.15) is 12.5 Å². The lowest BCUT2D eigenvalue weighted by Crippen LogP contribution is -1.97. The van der Waals surface area contributed by atoms with E-state index in [0.29, 0.717) is 9.80 Å². The van der Waals surface area contributed by atoms with Crippen molar-refractivity contribution >= 4 is 38.5 Å². The highest BCUT2D eigenvalue weighted by Gasteiger charge is 2.27. The fourth-order valence-corrected chi connectivity index (χ4v) is 3.52. The molecule has 0 unspecified atom stereocenters. The Morgan fingerprint density at radius 1 is 1.31 bits per heavy atom. The van der Waals surface area contributed by atoms with E-state index in [9.17, 15) is 8.42 Å². The summed E-state index contributed by atoms with van der Waals surface area (Å²) < 4.78 is 24.3. The zero-order valence-corrected chi connectivity index (χ0v) is 9.89. The van der Waals surface area contributed by atoms with Gasteiger partial charge in [0.15, 0.2) is 0 Å². The van der Waals surface area contributed by atoms with Crippen molar-refractivity contribution in [3.05, 3.63) is 32.2 Å². The highest BCUT2D eigenvalue weighted by molar-refractivity contribution is 14.1. The molecule has 4 heteroatoms. The van der Waals surface area contributed by atoms with Crippen LogP contribution in [0.5, 0.6) is 0 Å². The van der Waals surface area contributed by atoms with Crippen molar-refractivity contribution in [1.82, 2.24) is 0 Å². The third-order valence-corrected chi connectivity index (χ3v) is 4.92. The number of sulfone groups is 1. The number of hydrogen-bond acceptors (Lipinski definition) is 2. The molecule has 0 fully saturated rings. The summed E-state index contributed by atoms with van der Waals surface area (Å²) >= 11 is 2.14. The van der Waals surface area contributed by atoms with Gasteiger partial charge in [-0.15, -0.1) is 0 Å². The van der Waals surface area contributed by atoms with E-state index in [0.717, 1.165) is 9.13 Å². The maximum atomic E-state index is 11.7. The lowest BCUT2D eigenvalue weighted by atomic mass is 10.2. The van der Waals surface area contributed by atoms with Crippen LogP contribution in [0.2, 0.25) is 0 Å². The molecule has 0 aliphatic carbocycles. The molecule has 68 valence electrons. The molecule has 1 aliphatic rings. The SMILES string of the molecule is CC1=Cc2c(I)cccc2S1(=O)=O. The molecule has 0 saturated heterocycles. The minimum absolute atomic E-state index is 0.437. The largest absolute Gasteiger partial charge is 0.219 e. The third-order valence-electron chi connectivity index (χ3n) is 2.07. The van der Waals surface area contributed by atoms with E-state index in [1.54, 1.807) is 25.1 Å². The Bertz CT molecular complexity index is 500. The van der Waals surface area contributed by atoms with Crippen molar-refractivity contribution in [2.24, 2.45) is 0 Å². The van der Waals surface area contributed by atoms with Crippen LogP contribution < -0.4 is 0 Å². The van der Waals surface area contributed by atoms with Gasteiger partial charge in [-0.1, -0.05) is 6.07 Å². The summed E-state index contributed by atoms with van der Waals surface area (Å²) in [4.78, 5) is 0.878. The van der Waals surface area contributed by atoms with Gasteiger partial charge in [-0.25, -0.2) is 8.42 Å². The number of allylic oxidation sites excluding steroid dienone is 1. The van der Waals surface area contributed by atoms with Gasteiger partial charge in [0, 0.05) is 14.0 Å². The van der Waals surface area contributed by atoms with Gasteiger partial charge in [0.05, 0.1) is 4.90 Å². The summed E-state index contributed by atoms with van der Waals surface area (Å²) in [7, 11) is -3.15. The Labute approximate surface area is 90.7 Å². The topological polar surface area (TPSA) is 34.1 Å². The van der Waals surface area contributed by atoms with E-state index >= 15 is 0 Å². The van der Waals surface area contributed by atoms with Gasteiger partial charge >= 0.3 is 0 Å². The van der Waals surface area contributed by atoms with Crippen LogP contribution in [0.4, 0.5) is 0 Å². The second-order valence-electron chi connectivity index (χ2n) is 2.91. The van der Waals surface area contributed by atoms with Gasteiger partial charge < -0.3 is 0 Å². The lowest BCUT2D eigenvalue weighted by Gasteiger charge is -1.99. The Hall–Kier alpha value is -0.360.